The van der Waals surface area contributed by atoms with Crippen molar-refractivity contribution in [2.75, 3.05) is 5.32 Å². The molecule has 0 aliphatic carbocycles. The Labute approximate surface area is 144 Å². The molecule has 24 heavy (non-hydrogen) atoms. The molecule has 6 heteroatoms. The zero-order chi connectivity index (χ0) is 17.7. The van der Waals surface area contributed by atoms with Crippen LogP contribution in [0.3, 0.4) is 0 Å². The first-order valence-corrected chi connectivity index (χ1v) is 8.62. The Balaban J connectivity index is 2.01. The lowest BCUT2D eigenvalue weighted by atomic mass is 10.00. The molecular formula is C18H29N5O. The third-order valence-corrected chi connectivity index (χ3v) is 3.95. The zero-order valence-corrected chi connectivity index (χ0v) is 15.3. The Morgan fingerprint density at radius 1 is 1.29 bits per heavy atom. The van der Waals surface area contributed by atoms with Gasteiger partial charge in [-0.25, -0.2) is 9.97 Å². The van der Waals surface area contributed by atoms with Gasteiger partial charge in [0.1, 0.15) is 0 Å². The number of anilines is 1. The predicted octanol–water partition coefficient (Wildman–Crippen LogP) is 3.73. The predicted molar refractivity (Wildman–Crippen MR) is 96.9 cm³/mol. The van der Waals surface area contributed by atoms with Gasteiger partial charge in [0.15, 0.2) is 0 Å². The van der Waals surface area contributed by atoms with E-state index in [-0.39, 0.29) is 6.04 Å². The third kappa shape index (κ3) is 5.30. The first kappa shape index (κ1) is 18.4. The van der Waals surface area contributed by atoms with E-state index >= 15 is 0 Å². The van der Waals surface area contributed by atoms with Crippen LogP contribution in [-0.2, 0) is 0 Å². The molecule has 2 aromatic heterocycles. The van der Waals surface area contributed by atoms with E-state index in [1.165, 1.54) is 0 Å². The highest BCUT2D eigenvalue weighted by molar-refractivity contribution is 5.62. The van der Waals surface area contributed by atoms with Crippen molar-refractivity contribution in [3.05, 3.63) is 24.2 Å². The second-order valence-corrected chi connectivity index (χ2v) is 7.35. The molecule has 6 nitrogen and oxygen atoms in total. The standard InChI is InChI=1S/C18H29N5O/c1-12(2)16-14(11-20-23-16)15-8-10-19-17(22-15)21-13(3)7-6-9-18(4,5)24/h8,10-13,24H,6-7,9H2,1-5H3,(H,20,23)(H,19,21,22). The van der Waals surface area contributed by atoms with Crippen LogP contribution in [0.1, 0.15) is 65.5 Å². The van der Waals surface area contributed by atoms with Crippen molar-refractivity contribution in [1.29, 1.82) is 0 Å². The van der Waals surface area contributed by atoms with Gasteiger partial charge in [0.05, 0.1) is 17.0 Å². The molecule has 0 amide bonds. The van der Waals surface area contributed by atoms with Gasteiger partial charge < -0.3 is 10.4 Å². The smallest absolute Gasteiger partial charge is 0.223 e. The van der Waals surface area contributed by atoms with E-state index in [1.54, 1.807) is 6.20 Å². The van der Waals surface area contributed by atoms with Crippen LogP contribution in [0.25, 0.3) is 11.3 Å². The number of hydrogen-bond acceptors (Lipinski definition) is 5. The summed E-state index contributed by atoms with van der Waals surface area (Å²) in [6.07, 6.45) is 6.35. The average Bonchev–Trinajstić information content (AvgIpc) is 2.95. The number of nitrogens with one attached hydrogen (secondary N) is 2. The molecule has 1 atom stereocenters. The summed E-state index contributed by atoms with van der Waals surface area (Å²) in [5, 5.41) is 20.4. The summed E-state index contributed by atoms with van der Waals surface area (Å²) >= 11 is 0. The monoisotopic (exact) mass is 331 g/mol. The summed E-state index contributed by atoms with van der Waals surface area (Å²) in [4.78, 5) is 8.94. The topological polar surface area (TPSA) is 86.7 Å². The molecule has 2 rings (SSSR count). The maximum atomic E-state index is 9.78. The summed E-state index contributed by atoms with van der Waals surface area (Å²) in [7, 11) is 0. The van der Waals surface area contributed by atoms with Gasteiger partial charge in [0.2, 0.25) is 5.95 Å². The Morgan fingerprint density at radius 2 is 2.04 bits per heavy atom. The second kappa shape index (κ2) is 7.75. The van der Waals surface area contributed by atoms with Crippen molar-refractivity contribution >= 4 is 5.95 Å². The van der Waals surface area contributed by atoms with Gasteiger partial charge in [0.25, 0.3) is 0 Å². The first-order valence-electron chi connectivity index (χ1n) is 8.62. The van der Waals surface area contributed by atoms with E-state index in [1.807, 2.05) is 26.1 Å². The number of nitrogens with zero attached hydrogens (tertiary/aromatic N) is 3. The minimum absolute atomic E-state index is 0.247. The zero-order valence-electron chi connectivity index (χ0n) is 15.3. The fourth-order valence-corrected chi connectivity index (χ4v) is 2.66. The van der Waals surface area contributed by atoms with Crippen molar-refractivity contribution in [2.45, 2.75) is 71.4 Å². The van der Waals surface area contributed by atoms with Crippen LogP contribution < -0.4 is 5.32 Å². The Morgan fingerprint density at radius 3 is 2.71 bits per heavy atom. The molecule has 3 N–H and O–H groups in total. The molecule has 0 aliphatic heterocycles. The first-order chi connectivity index (χ1) is 11.3. The summed E-state index contributed by atoms with van der Waals surface area (Å²) in [6, 6.07) is 2.15. The van der Waals surface area contributed by atoms with E-state index < -0.39 is 5.60 Å². The Hall–Kier alpha value is -1.95. The maximum absolute atomic E-state index is 9.78. The number of hydrogen-bond donors (Lipinski definition) is 3. The Kier molecular flexibility index (Phi) is 5.94. The van der Waals surface area contributed by atoms with Crippen LogP contribution in [0.15, 0.2) is 18.5 Å². The maximum Gasteiger partial charge on any atom is 0.223 e. The van der Waals surface area contributed by atoms with Gasteiger partial charge in [-0.3, -0.25) is 5.10 Å². The fourth-order valence-electron chi connectivity index (χ4n) is 2.66. The largest absolute Gasteiger partial charge is 0.390 e. The number of aromatic nitrogens is 4. The molecular weight excluding hydrogens is 302 g/mol. The van der Waals surface area contributed by atoms with E-state index in [9.17, 15) is 5.11 Å². The summed E-state index contributed by atoms with van der Waals surface area (Å²) in [5.41, 5.74) is 2.29. The highest BCUT2D eigenvalue weighted by atomic mass is 16.3. The van der Waals surface area contributed by atoms with Crippen molar-refractivity contribution in [3.63, 3.8) is 0 Å². The lowest BCUT2D eigenvalue weighted by molar-refractivity contribution is 0.0680. The molecule has 0 fully saturated rings. The number of H-pyrrole nitrogens is 1. The lowest BCUT2D eigenvalue weighted by Crippen LogP contribution is -2.21. The molecule has 0 aromatic carbocycles. The van der Waals surface area contributed by atoms with Crippen molar-refractivity contribution in [1.82, 2.24) is 20.2 Å². The summed E-state index contributed by atoms with van der Waals surface area (Å²) in [6.45, 7) is 10.0. The molecule has 0 spiro atoms. The fraction of sp³-hybridized carbons (Fsp3) is 0.611. The molecule has 132 valence electrons. The van der Waals surface area contributed by atoms with Crippen molar-refractivity contribution in [3.8, 4) is 11.3 Å². The van der Waals surface area contributed by atoms with Crippen LogP contribution in [-0.4, -0.2) is 36.9 Å². The van der Waals surface area contributed by atoms with Crippen LogP contribution >= 0.6 is 0 Å². The second-order valence-electron chi connectivity index (χ2n) is 7.35. The summed E-state index contributed by atoms with van der Waals surface area (Å²) in [5.74, 6) is 0.956. The van der Waals surface area contributed by atoms with Crippen LogP contribution in [0.4, 0.5) is 5.95 Å². The minimum Gasteiger partial charge on any atom is -0.390 e. The van der Waals surface area contributed by atoms with Gasteiger partial charge in [-0.15, -0.1) is 0 Å². The third-order valence-electron chi connectivity index (χ3n) is 3.95. The molecule has 0 saturated heterocycles. The van der Waals surface area contributed by atoms with Gasteiger partial charge in [-0.1, -0.05) is 13.8 Å². The van der Waals surface area contributed by atoms with E-state index in [4.69, 9.17) is 0 Å². The van der Waals surface area contributed by atoms with E-state index in [2.05, 4.69) is 46.3 Å². The highest BCUT2D eigenvalue weighted by Crippen LogP contribution is 2.26. The number of rotatable bonds is 8. The molecule has 0 bridgehead atoms. The molecule has 0 aliphatic rings. The normalized spacial score (nSPS) is 13.3. The van der Waals surface area contributed by atoms with Crippen molar-refractivity contribution in [2.24, 2.45) is 0 Å². The van der Waals surface area contributed by atoms with Gasteiger partial charge in [0, 0.05) is 24.0 Å². The minimum atomic E-state index is -0.606. The van der Waals surface area contributed by atoms with Crippen LogP contribution in [0, 0.1) is 0 Å². The average molecular weight is 331 g/mol. The molecule has 0 saturated carbocycles. The highest BCUT2D eigenvalue weighted by Gasteiger charge is 2.15. The Bertz CT molecular complexity index is 645. The van der Waals surface area contributed by atoms with Gasteiger partial charge >= 0.3 is 0 Å². The SMILES string of the molecule is CC(CCCC(C)(C)O)Nc1nccc(-c2c[nH]nc2C(C)C)n1. The number of aromatic amines is 1. The van der Waals surface area contributed by atoms with E-state index in [0.717, 1.165) is 36.2 Å². The summed E-state index contributed by atoms with van der Waals surface area (Å²) < 4.78 is 0. The molecule has 0 radical (unpaired) electrons. The molecule has 1 unspecified atom stereocenters. The van der Waals surface area contributed by atoms with Gasteiger partial charge in [-0.2, -0.15) is 5.10 Å². The van der Waals surface area contributed by atoms with Crippen molar-refractivity contribution < 1.29 is 5.11 Å². The van der Waals surface area contributed by atoms with Gasteiger partial charge in [-0.05, 0) is 52.0 Å². The van der Waals surface area contributed by atoms with Crippen LogP contribution in [0.5, 0.6) is 0 Å². The quantitative estimate of drug-likeness (QED) is 0.686. The number of aliphatic hydroxyl groups is 1. The van der Waals surface area contributed by atoms with E-state index in [0.29, 0.717) is 11.9 Å². The van der Waals surface area contributed by atoms with Crippen LogP contribution in [0.2, 0.25) is 0 Å². The lowest BCUT2D eigenvalue weighted by Gasteiger charge is -2.19. The molecule has 2 aromatic rings. The molecule has 2 heterocycles.